The fourth-order valence-corrected chi connectivity index (χ4v) is 2.37. The first kappa shape index (κ1) is 15.0. The van der Waals surface area contributed by atoms with Crippen LogP contribution in [-0.4, -0.2) is 22.5 Å². The number of carbonyl (C=O) groups excluding carboxylic acids is 1. The monoisotopic (exact) mass is 255 g/mol. The van der Waals surface area contributed by atoms with Gasteiger partial charge in [-0.25, -0.2) is 0 Å². The van der Waals surface area contributed by atoms with Gasteiger partial charge in [-0.3, -0.25) is 9.59 Å². The first-order chi connectivity index (χ1) is 8.26. The lowest BCUT2D eigenvalue weighted by Crippen LogP contribution is -2.54. The highest BCUT2D eigenvalue weighted by atomic mass is 16.4. The number of carboxylic acid groups (broad SMARTS) is 1. The number of amides is 1. The Bertz CT molecular complexity index is 328. The molecule has 18 heavy (non-hydrogen) atoms. The number of rotatable bonds is 6. The molecule has 4 heteroatoms. The second kappa shape index (κ2) is 5.29. The van der Waals surface area contributed by atoms with Crippen LogP contribution >= 0.6 is 0 Å². The molecule has 0 aromatic heterocycles. The summed E-state index contributed by atoms with van der Waals surface area (Å²) in [6, 6.07) is 0. The van der Waals surface area contributed by atoms with Gasteiger partial charge in [-0.15, -0.1) is 0 Å². The van der Waals surface area contributed by atoms with E-state index >= 15 is 0 Å². The SMILES string of the molecule is CCC1(NC(=O)CC(C)(C(=O)O)C(C)C)CCC1. The molecule has 4 nitrogen and oxygen atoms in total. The third kappa shape index (κ3) is 2.85. The molecule has 0 aromatic rings. The van der Waals surface area contributed by atoms with Crippen LogP contribution in [0, 0.1) is 11.3 Å². The zero-order valence-corrected chi connectivity index (χ0v) is 11.9. The Labute approximate surface area is 109 Å². The first-order valence-electron chi connectivity index (χ1n) is 6.80. The minimum Gasteiger partial charge on any atom is -0.481 e. The number of nitrogens with one attached hydrogen (secondary N) is 1. The second-order valence-electron chi connectivity index (χ2n) is 6.09. The molecule has 1 fully saturated rings. The van der Waals surface area contributed by atoms with Gasteiger partial charge >= 0.3 is 5.97 Å². The van der Waals surface area contributed by atoms with Crippen molar-refractivity contribution in [2.75, 3.05) is 0 Å². The summed E-state index contributed by atoms with van der Waals surface area (Å²) in [6.45, 7) is 7.41. The minimum atomic E-state index is -0.983. The van der Waals surface area contributed by atoms with Crippen molar-refractivity contribution in [2.45, 2.75) is 65.3 Å². The number of hydrogen-bond acceptors (Lipinski definition) is 2. The Balaban J connectivity index is 2.65. The lowest BCUT2D eigenvalue weighted by Gasteiger charge is -2.42. The lowest BCUT2D eigenvalue weighted by atomic mass is 9.73. The maximum absolute atomic E-state index is 12.1. The normalized spacial score (nSPS) is 20.9. The molecule has 1 aliphatic rings. The van der Waals surface area contributed by atoms with Crippen molar-refractivity contribution in [1.29, 1.82) is 0 Å². The highest BCUT2D eigenvalue weighted by Crippen LogP contribution is 2.36. The van der Waals surface area contributed by atoms with Crippen molar-refractivity contribution in [1.82, 2.24) is 5.32 Å². The third-order valence-electron chi connectivity index (χ3n) is 4.68. The van der Waals surface area contributed by atoms with E-state index in [1.165, 1.54) is 0 Å². The van der Waals surface area contributed by atoms with Crippen LogP contribution in [0.25, 0.3) is 0 Å². The van der Waals surface area contributed by atoms with E-state index in [-0.39, 0.29) is 23.8 Å². The van der Waals surface area contributed by atoms with Crippen LogP contribution in [-0.2, 0) is 9.59 Å². The molecular formula is C14H25NO3. The van der Waals surface area contributed by atoms with Gasteiger partial charge in [-0.1, -0.05) is 20.8 Å². The van der Waals surface area contributed by atoms with E-state index in [1.54, 1.807) is 6.92 Å². The summed E-state index contributed by atoms with van der Waals surface area (Å²) in [4.78, 5) is 23.4. The van der Waals surface area contributed by atoms with Crippen molar-refractivity contribution >= 4 is 11.9 Å². The van der Waals surface area contributed by atoms with Gasteiger partial charge in [0.2, 0.25) is 5.91 Å². The van der Waals surface area contributed by atoms with Crippen LogP contribution in [0.4, 0.5) is 0 Å². The second-order valence-corrected chi connectivity index (χ2v) is 6.09. The molecule has 1 atom stereocenters. The Hall–Kier alpha value is -1.06. The van der Waals surface area contributed by atoms with Gasteiger partial charge in [0.05, 0.1) is 5.41 Å². The molecule has 1 rings (SSSR count). The molecule has 1 aliphatic carbocycles. The van der Waals surface area contributed by atoms with E-state index in [1.807, 2.05) is 13.8 Å². The summed E-state index contributed by atoms with van der Waals surface area (Å²) in [5.74, 6) is -1.10. The van der Waals surface area contributed by atoms with Gasteiger partial charge in [-0.05, 0) is 38.5 Å². The molecule has 0 radical (unpaired) electrons. The predicted molar refractivity (Wildman–Crippen MR) is 70.2 cm³/mol. The predicted octanol–water partition coefficient (Wildman–Crippen LogP) is 2.57. The van der Waals surface area contributed by atoms with E-state index in [4.69, 9.17) is 0 Å². The minimum absolute atomic E-state index is 0.0573. The highest BCUT2D eigenvalue weighted by Gasteiger charge is 2.42. The van der Waals surface area contributed by atoms with Gasteiger partial charge < -0.3 is 10.4 Å². The van der Waals surface area contributed by atoms with E-state index in [0.717, 1.165) is 25.7 Å². The van der Waals surface area contributed by atoms with Gasteiger partial charge in [-0.2, -0.15) is 0 Å². The van der Waals surface area contributed by atoms with Gasteiger partial charge in [0, 0.05) is 12.0 Å². The van der Waals surface area contributed by atoms with Gasteiger partial charge in [0.25, 0.3) is 0 Å². The smallest absolute Gasteiger partial charge is 0.310 e. The summed E-state index contributed by atoms with van der Waals surface area (Å²) in [7, 11) is 0. The summed E-state index contributed by atoms with van der Waals surface area (Å²) in [5.41, 5.74) is -1.05. The molecular weight excluding hydrogens is 230 g/mol. The van der Waals surface area contributed by atoms with E-state index in [9.17, 15) is 14.7 Å². The Kier molecular flexibility index (Phi) is 4.41. The van der Waals surface area contributed by atoms with Crippen LogP contribution in [0.15, 0.2) is 0 Å². The van der Waals surface area contributed by atoms with Crippen LogP contribution in [0.5, 0.6) is 0 Å². The van der Waals surface area contributed by atoms with Crippen molar-refractivity contribution < 1.29 is 14.7 Å². The van der Waals surface area contributed by atoms with Crippen molar-refractivity contribution in [3.63, 3.8) is 0 Å². The van der Waals surface area contributed by atoms with E-state index in [0.29, 0.717) is 0 Å². The standard InChI is InChI=1S/C14H25NO3/c1-5-14(7-6-8-14)15-11(16)9-13(4,10(2)3)12(17)18/h10H,5-9H2,1-4H3,(H,15,16)(H,17,18). The lowest BCUT2D eigenvalue weighted by molar-refractivity contribution is -0.154. The molecule has 1 amide bonds. The molecule has 2 N–H and O–H groups in total. The number of carboxylic acids is 1. The molecule has 1 unspecified atom stereocenters. The topological polar surface area (TPSA) is 66.4 Å². The Morgan fingerprint density at radius 3 is 2.22 bits per heavy atom. The molecule has 0 heterocycles. The molecule has 0 aromatic carbocycles. The van der Waals surface area contributed by atoms with Crippen molar-refractivity contribution in [3.8, 4) is 0 Å². The van der Waals surface area contributed by atoms with Crippen LogP contribution < -0.4 is 5.32 Å². The first-order valence-corrected chi connectivity index (χ1v) is 6.80. The fraction of sp³-hybridized carbons (Fsp3) is 0.857. The number of aliphatic carboxylic acids is 1. The summed E-state index contributed by atoms with van der Waals surface area (Å²) in [5, 5.41) is 12.3. The molecule has 104 valence electrons. The Morgan fingerprint density at radius 2 is 1.94 bits per heavy atom. The number of carbonyl (C=O) groups is 2. The summed E-state index contributed by atoms with van der Waals surface area (Å²) < 4.78 is 0. The molecule has 0 spiro atoms. The zero-order valence-electron chi connectivity index (χ0n) is 11.9. The number of hydrogen-bond donors (Lipinski definition) is 2. The van der Waals surface area contributed by atoms with E-state index in [2.05, 4.69) is 12.2 Å². The Morgan fingerprint density at radius 1 is 1.39 bits per heavy atom. The average Bonchev–Trinajstić information content (AvgIpc) is 2.22. The molecule has 0 aliphatic heterocycles. The van der Waals surface area contributed by atoms with Crippen LogP contribution in [0.1, 0.15) is 59.8 Å². The van der Waals surface area contributed by atoms with E-state index < -0.39 is 11.4 Å². The van der Waals surface area contributed by atoms with Crippen LogP contribution in [0.2, 0.25) is 0 Å². The van der Waals surface area contributed by atoms with Crippen molar-refractivity contribution in [2.24, 2.45) is 11.3 Å². The third-order valence-corrected chi connectivity index (χ3v) is 4.68. The summed E-state index contributed by atoms with van der Waals surface area (Å²) >= 11 is 0. The maximum Gasteiger partial charge on any atom is 0.310 e. The summed E-state index contributed by atoms with van der Waals surface area (Å²) in [6.07, 6.45) is 4.15. The fourth-order valence-electron chi connectivity index (χ4n) is 2.37. The van der Waals surface area contributed by atoms with Gasteiger partial charge in [0.15, 0.2) is 0 Å². The zero-order chi connectivity index (χ0) is 14.0. The van der Waals surface area contributed by atoms with Gasteiger partial charge in [0.1, 0.15) is 0 Å². The highest BCUT2D eigenvalue weighted by molar-refractivity contribution is 5.85. The molecule has 1 saturated carbocycles. The largest absolute Gasteiger partial charge is 0.481 e. The van der Waals surface area contributed by atoms with Crippen LogP contribution in [0.3, 0.4) is 0 Å². The average molecular weight is 255 g/mol. The maximum atomic E-state index is 12.1. The molecule has 0 bridgehead atoms. The van der Waals surface area contributed by atoms with Crippen molar-refractivity contribution in [3.05, 3.63) is 0 Å². The molecule has 0 saturated heterocycles. The quantitative estimate of drug-likeness (QED) is 0.766.